The van der Waals surface area contributed by atoms with E-state index in [4.69, 9.17) is 26.0 Å². The van der Waals surface area contributed by atoms with Gasteiger partial charge in [0.2, 0.25) is 17.7 Å². The molecule has 0 saturated heterocycles. The van der Waals surface area contributed by atoms with Gasteiger partial charge >= 0.3 is 17.9 Å². The molecule has 0 aromatic carbocycles. The second kappa shape index (κ2) is 35.4. The summed E-state index contributed by atoms with van der Waals surface area (Å²) in [4.78, 5) is 72.8. The van der Waals surface area contributed by atoms with Crippen LogP contribution in [-0.4, -0.2) is 83.1 Å². The van der Waals surface area contributed by atoms with Gasteiger partial charge in [0.05, 0.1) is 6.04 Å². The quantitative estimate of drug-likeness (QED) is 0.0673. The monoisotopic (exact) mass is 828 g/mol. The van der Waals surface area contributed by atoms with Crippen LogP contribution in [0, 0.1) is 166 Å². The number of carbonyl (C=O) groups is 6. The van der Waals surface area contributed by atoms with Crippen LogP contribution in [0.4, 0.5) is 0 Å². The van der Waals surface area contributed by atoms with E-state index in [2.05, 4.69) is 176 Å². The van der Waals surface area contributed by atoms with Crippen LogP contribution in [0.15, 0.2) is 0 Å². The Labute approximate surface area is 359 Å². The molecule has 0 saturated carbocycles. The summed E-state index contributed by atoms with van der Waals surface area (Å²) in [7, 11) is 0. The predicted octanol–water partition coefficient (Wildman–Crippen LogP) is -1.68. The third-order valence-electron chi connectivity index (χ3n) is 5.91. The predicted molar refractivity (Wildman–Crippen MR) is 227 cm³/mol. The number of nitrogens with one attached hydrogen (secondary N) is 2. The lowest BCUT2D eigenvalue weighted by atomic mass is 10.1. The molecule has 0 bridgehead atoms. The minimum Gasteiger partial charge on any atom is -0.481 e. The van der Waals surface area contributed by atoms with E-state index in [0.717, 1.165) is 11.8 Å². The number of amides is 3. The van der Waals surface area contributed by atoms with Crippen LogP contribution in [0.25, 0.3) is 0 Å². The summed E-state index contributed by atoms with van der Waals surface area (Å²) in [6.07, 6.45) is -1.69. The second-order valence-electron chi connectivity index (χ2n) is 10.4. The number of thioether (sulfide) groups is 1. The molecule has 0 heterocycles. The van der Waals surface area contributed by atoms with Gasteiger partial charge in [0.1, 0.15) is 24.8 Å². The third kappa shape index (κ3) is 30.8. The zero-order chi connectivity index (χ0) is 45.4. The van der Waals surface area contributed by atoms with Gasteiger partial charge in [-0.05, 0) is 169 Å². The fourth-order valence-electron chi connectivity index (χ4n) is 3.28. The molecule has 0 radical (unpaired) electrons. The number of rotatable bonds is 16. The second-order valence-corrected chi connectivity index (χ2v) is 11.5. The minimum absolute atomic E-state index is 0.0484. The molecule has 0 unspecified atom stereocenters. The van der Waals surface area contributed by atoms with Crippen LogP contribution >= 0.6 is 11.8 Å². The van der Waals surface area contributed by atoms with Gasteiger partial charge in [0.15, 0.2) is 0 Å². The van der Waals surface area contributed by atoms with Crippen molar-refractivity contribution in [3.8, 4) is 166 Å². The first-order valence-electron chi connectivity index (χ1n) is 17.1. The van der Waals surface area contributed by atoms with E-state index in [1.807, 2.05) is 0 Å². The van der Waals surface area contributed by atoms with Crippen LogP contribution in [-0.2, 0) is 38.2 Å². The number of hydrogen-bond acceptors (Lipinski definition) is 10. The van der Waals surface area contributed by atoms with E-state index >= 15 is 0 Å². The van der Waals surface area contributed by atoms with Crippen molar-refractivity contribution in [1.82, 2.24) is 10.6 Å². The average molecular weight is 829 g/mol. The zero-order valence-corrected chi connectivity index (χ0v) is 33.6. The molecule has 0 aromatic heterocycles. The number of hydrogen-bond donors (Lipinski definition) is 5. The van der Waals surface area contributed by atoms with Crippen molar-refractivity contribution in [3.05, 3.63) is 0 Å². The minimum atomic E-state index is -1.27. The normalized spacial score (nSPS) is 9.51. The summed E-state index contributed by atoms with van der Waals surface area (Å²) >= 11 is 1.04. The number of primary amides is 1. The van der Waals surface area contributed by atoms with Crippen LogP contribution < -0.4 is 22.1 Å². The Balaban J connectivity index is 5.65. The van der Waals surface area contributed by atoms with Crippen LogP contribution in [0.2, 0.25) is 0 Å². The lowest BCUT2D eigenvalue weighted by molar-refractivity contribution is -0.150. The number of ether oxygens (including phenoxy) is 2. The molecule has 0 rings (SSSR count). The molecule has 14 heteroatoms. The number of esters is 2. The van der Waals surface area contributed by atoms with Gasteiger partial charge in [-0.2, -0.15) is 11.8 Å². The molecule has 61 heavy (non-hydrogen) atoms. The van der Waals surface area contributed by atoms with Gasteiger partial charge in [-0.3, -0.25) is 19.2 Å². The highest BCUT2D eigenvalue weighted by molar-refractivity contribution is 7.99. The largest absolute Gasteiger partial charge is 0.481 e. The van der Waals surface area contributed by atoms with E-state index in [-0.39, 0.29) is 24.3 Å². The molecule has 0 aromatic rings. The molecule has 4 atom stereocenters. The highest BCUT2D eigenvalue weighted by Crippen LogP contribution is 2.09. The maximum atomic E-state index is 12.8. The van der Waals surface area contributed by atoms with Gasteiger partial charge in [-0.25, -0.2) is 9.59 Å². The summed E-state index contributed by atoms with van der Waals surface area (Å²) in [5.41, 5.74) is 11.3. The Bertz CT molecular complexity index is 2630. The smallest absolute Gasteiger partial charge is 0.385 e. The molecular weight excluding hydrogens is 797 g/mol. The molecule has 300 valence electrons. The number of nitrogens with two attached hydrogens (primary N) is 2. The van der Waals surface area contributed by atoms with Gasteiger partial charge < -0.3 is 36.7 Å². The lowest BCUT2D eigenvalue weighted by Gasteiger charge is -2.22. The Morgan fingerprint density at radius 1 is 0.590 bits per heavy atom. The first-order valence-corrected chi connectivity index (χ1v) is 18.3. The van der Waals surface area contributed by atoms with Crippen molar-refractivity contribution in [2.75, 3.05) is 18.1 Å². The third-order valence-corrected chi connectivity index (χ3v) is 7.12. The Hall–Kier alpha value is -9.03. The number of carbonyl (C=O) groups excluding carboxylic acids is 5. The van der Waals surface area contributed by atoms with Crippen molar-refractivity contribution in [1.29, 1.82) is 0 Å². The van der Waals surface area contributed by atoms with Crippen LogP contribution in [0.3, 0.4) is 0 Å². The van der Waals surface area contributed by atoms with Gasteiger partial charge in [0, 0.05) is 29.8 Å². The number of aliphatic carboxylic acids is 1. The zero-order valence-electron chi connectivity index (χ0n) is 32.8. The summed E-state index contributed by atoms with van der Waals surface area (Å²) in [6, 6.07) is -3.58. The lowest BCUT2D eigenvalue weighted by Crippen LogP contribution is -2.55. The molecule has 7 N–H and O–H groups in total. The molecule has 3 amide bonds. The van der Waals surface area contributed by atoms with Gasteiger partial charge in [-0.15, -0.1) is 0 Å². The molecule has 0 aliphatic carbocycles. The summed E-state index contributed by atoms with van der Waals surface area (Å²) < 4.78 is 10.4. The fraction of sp³-hybridized carbons (Fsp3) is 0.277. The van der Waals surface area contributed by atoms with E-state index < -0.39 is 72.9 Å². The molecule has 0 fully saturated rings. The SMILES string of the molecule is CC#CC#CC#CC#CC#CC#CC#CC(=O)OC[C@H](CSC[C@H](N)C(=O)N[C@@H](CC)C(=O)N[C@H](CCC(=O)O)C(N)=O)OC(=O)C#CC#CC#CC#CC#CC#CC#CC. The summed E-state index contributed by atoms with van der Waals surface area (Å²) in [6.45, 7) is 4.39. The summed E-state index contributed by atoms with van der Waals surface area (Å²) in [5.74, 6) is 61.8. The fourth-order valence-corrected chi connectivity index (χ4v) is 4.24. The van der Waals surface area contributed by atoms with Crippen molar-refractivity contribution in [2.45, 2.75) is 64.3 Å². The maximum absolute atomic E-state index is 12.8. The average Bonchev–Trinajstić information content (AvgIpc) is 3.23. The van der Waals surface area contributed by atoms with E-state index in [9.17, 15) is 28.8 Å². The maximum Gasteiger partial charge on any atom is 0.385 e. The van der Waals surface area contributed by atoms with E-state index in [1.54, 1.807) is 20.8 Å². The standard InChI is InChI=1S/C47H32N4O9S/c1-4-7-9-11-13-15-17-19-21-23-25-27-29-31-43(54)59-35-38(60-44(55)32-30-28-26-24-22-20-18-16-14-12-10-8-5-2)36-61-37-39(48)46(57)50-40(6-3)47(58)51-41(45(49)56)33-34-42(52)53/h38-41H,6,33-37,48H2,1-3H3,(H2,49,56)(H,50,57)(H,51,58)(H,52,53)/t38-,39+,40+,41-/m1/s1. The van der Waals surface area contributed by atoms with Crippen molar-refractivity contribution in [3.63, 3.8) is 0 Å². The van der Waals surface area contributed by atoms with Crippen LogP contribution in [0.5, 0.6) is 0 Å². The van der Waals surface area contributed by atoms with E-state index in [0.29, 0.717) is 0 Å². The van der Waals surface area contributed by atoms with Gasteiger partial charge in [-0.1, -0.05) is 18.8 Å². The van der Waals surface area contributed by atoms with Gasteiger partial charge in [0.25, 0.3) is 0 Å². The van der Waals surface area contributed by atoms with Crippen molar-refractivity contribution in [2.24, 2.45) is 11.5 Å². The first-order chi connectivity index (χ1) is 29.4. The number of carboxylic acids is 1. The molecule has 0 aliphatic rings. The van der Waals surface area contributed by atoms with E-state index in [1.165, 1.54) is 0 Å². The van der Waals surface area contributed by atoms with Crippen LogP contribution in [0.1, 0.15) is 40.0 Å². The van der Waals surface area contributed by atoms with Crippen molar-refractivity contribution < 1.29 is 43.3 Å². The topological polar surface area (TPSA) is 217 Å². The first kappa shape index (κ1) is 52.0. The Kier molecular flexibility index (Phi) is 30.2. The number of carboxylic acid groups (broad SMARTS) is 1. The summed E-state index contributed by atoms with van der Waals surface area (Å²) in [5, 5.41) is 13.7. The highest BCUT2D eigenvalue weighted by atomic mass is 32.2. The Morgan fingerprint density at radius 3 is 1.41 bits per heavy atom. The molecule has 13 nitrogen and oxygen atoms in total. The molecular formula is C47H32N4O9S. The molecule has 0 spiro atoms. The Morgan fingerprint density at radius 2 is 1.00 bits per heavy atom. The van der Waals surface area contributed by atoms with Crippen molar-refractivity contribution >= 4 is 47.4 Å². The highest BCUT2D eigenvalue weighted by Gasteiger charge is 2.27. The molecule has 0 aliphatic heterocycles.